The second-order valence-electron chi connectivity index (χ2n) is 3.69. The standard InChI is InChI=1S/C12H12FN3O2/c1-3-18-12(17)11-14-10(15-16-11)8-5-4-7(2)9(13)6-8/h4-6H,3H2,1-2H3,(H,14,15,16). The van der Waals surface area contributed by atoms with Gasteiger partial charge in [-0.15, -0.1) is 0 Å². The summed E-state index contributed by atoms with van der Waals surface area (Å²) in [7, 11) is 0. The molecular weight excluding hydrogens is 237 g/mol. The number of hydrogen-bond acceptors (Lipinski definition) is 4. The molecule has 1 heterocycles. The third-order valence-corrected chi connectivity index (χ3v) is 2.38. The fraction of sp³-hybridized carbons (Fsp3) is 0.250. The molecule has 5 nitrogen and oxygen atoms in total. The van der Waals surface area contributed by atoms with Gasteiger partial charge in [-0.1, -0.05) is 12.1 Å². The van der Waals surface area contributed by atoms with Gasteiger partial charge in [0, 0.05) is 5.56 Å². The molecule has 94 valence electrons. The molecule has 1 aromatic carbocycles. The molecule has 0 radical (unpaired) electrons. The number of aromatic amines is 1. The quantitative estimate of drug-likeness (QED) is 0.846. The molecular formula is C12H12FN3O2. The zero-order valence-electron chi connectivity index (χ0n) is 10.0. The number of carbonyl (C=O) groups excluding carboxylic acids is 1. The zero-order chi connectivity index (χ0) is 13.1. The molecule has 0 unspecified atom stereocenters. The van der Waals surface area contributed by atoms with Crippen LogP contribution in [0.15, 0.2) is 18.2 Å². The highest BCUT2D eigenvalue weighted by molar-refractivity contribution is 5.85. The summed E-state index contributed by atoms with van der Waals surface area (Å²) in [6.45, 7) is 3.62. The lowest BCUT2D eigenvalue weighted by Crippen LogP contribution is -2.06. The molecule has 0 fully saturated rings. The van der Waals surface area contributed by atoms with Crippen molar-refractivity contribution < 1.29 is 13.9 Å². The Kier molecular flexibility index (Phi) is 3.36. The van der Waals surface area contributed by atoms with Crippen molar-refractivity contribution in [2.24, 2.45) is 0 Å². The van der Waals surface area contributed by atoms with Crippen molar-refractivity contribution in [1.29, 1.82) is 0 Å². The van der Waals surface area contributed by atoms with Crippen LogP contribution in [-0.4, -0.2) is 27.8 Å². The average molecular weight is 249 g/mol. The van der Waals surface area contributed by atoms with Crippen molar-refractivity contribution in [1.82, 2.24) is 15.2 Å². The highest BCUT2D eigenvalue weighted by Gasteiger charge is 2.14. The molecule has 6 heteroatoms. The normalized spacial score (nSPS) is 10.4. The topological polar surface area (TPSA) is 67.9 Å². The van der Waals surface area contributed by atoms with E-state index in [1.165, 1.54) is 6.07 Å². The van der Waals surface area contributed by atoms with Gasteiger partial charge in [0.15, 0.2) is 5.82 Å². The van der Waals surface area contributed by atoms with Crippen molar-refractivity contribution in [3.8, 4) is 11.4 Å². The molecule has 0 saturated carbocycles. The van der Waals surface area contributed by atoms with Gasteiger partial charge in [-0.2, -0.15) is 5.10 Å². The van der Waals surface area contributed by atoms with Crippen LogP contribution in [0.1, 0.15) is 23.1 Å². The van der Waals surface area contributed by atoms with Gasteiger partial charge >= 0.3 is 5.97 Å². The highest BCUT2D eigenvalue weighted by Crippen LogP contribution is 2.18. The number of aromatic nitrogens is 3. The Morgan fingerprint density at radius 3 is 2.94 bits per heavy atom. The fourth-order valence-corrected chi connectivity index (χ4v) is 1.41. The Bertz CT molecular complexity index is 580. The number of rotatable bonds is 3. The molecule has 0 aliphatic carbocycles. The lowest BCUT2D eigenvalue weighted by Gasteiger charge is -1.98. The van der Waals surface area contributed by atoms with Gasteiger partial charge < -0.3 is 4.74 Å². The fourth-order valence-electron chi connectivity index (χ4n) is 1.41. The second kappa shape index (κ2) is 4.95. The smallest absolute Gasteiger partial charge is 0.375 e. The van der Waals surface area contributed by atoms with E-state index in [1.807, 2.05) is 0 Å². The van der Waals surface area contributed by atoms with Crippen LogP contribution in [0.5, 0.6) is 0 Å². The van der Waals surface area contributed by atoms with E-state index >= 15 is 0 Å². The summed E-state index contributed by atoms with van der Waals surface area (Å²) in [4.78, 5) is 15.3. The number of H-pyrrole nitrogens is 1. The summed E-state index contributed by atoms with van der Waals surface area (Å²) in [5.74, 6) is -0.649. The first-order chi connectivity index (χ1) is 8.61. The monoisotopic (exact) mass is 249 g/mol. The molecule has 1 aromatic heterocycles. The van der Waals surface area contributed by atoms with Gasteiger partial charge in [0.05, 0.1) is 6.61 Å². The summed E-state index contributed by atoms with van der Waals surface area (Å²) in [5.41, 5.74) is 1.05. The third-order valence-electron chi connectivity index (χ3n) is 2.38. The largest absolute Gasteiger partial charge is 0.460 e. The molecule has 0 saturated heterocycles. The van der Waals surface area contributed by atoms with Crippen LogP contribution in [0.2, 0.25) is 0 Å². The van der Waals surface area contributed by atoms with Gasteiger partial charge in [0.2, 0.25) is 5.82 Å². The summed E-state index contributed by atoms with van der Waals surface area (Å²) in [6.07, 6.45) is 0. The lowest BCUT2D eigenvalue weighted by molar-refractivity contribution is 0.0512. The zero-order valence-corrected chi connectivity index (χ0v) is 10.0. The minimum atomic E-state index is -0.580. The van der Waals surface area contributed by atoms with Gasteiger partial charge in [0.1, 0.15) is 5.82 Å². The molecule has 0 aliphatic heterocycles. The SMILES string of the molecule is CCOC(=O)c1nc(-c2ccc(C)c(F)c2)n[nH]1. The van der Waals surface area contributed by atoms with Crippen LogP contribution in [0.25, 0.3) is 11.4 Å². The summed E-state index contributed by atoms with van der Waals surface area (Å²) < 4.78 is 18.2. The third kappa shape index (κ3) is 2.37. The maximum Gasteiger partial charge on any atom is 0.375 e. The minimum Gasteiger partial charge on any atom is -0.460 e. The first kappa shape index (κ1) is 12.2. The van der Waals surface area contributed by atoms with Crippen LogP contribution in [0, 0.1) is 12.7 Å². The van der Waals surface area contributed by atoms with Crippen LogP contribution in [0.4, 0.5) is 4.39 Å². The van der Waals surface area contributed by atoms with E-state index in [4.69, 9.17) is 4.74 Å². The van der Waals surface area contributed by atoms with Crippen molar-refractivity contribution in [3.63, 3.8) is 0 Å². The molecule has 1 N–H and O–H groups in total. The predicted molar refractivity (Wildman–Crippen MR) is 62.5 cm³/mol. The van der Waals surface area contributed by atoms with Crippen LogP contribution in [0.3, 0.4) is 0 Å². The van der Waals surface area contributed by atoms with Gasteiger partial charge in [0.25, 0.3) is 0 Å². The van der Waals surface area contributed by atoms with E-state index in [0.717, 1.165) is 0 Å². The number of benzene rings is 1. The van der Waals surface area contributed by atoms with Crippen molar-refractivity contribution >= 4 is 5.97 Å². The van der Waals surface area contributed by atoms with Gasteiger partial charge in [-0.3, -0.25) is 5.10 Å². The highest BCUT2D eigenvalue weighted by atomic mass is 19.1. The average Bonchev–Trinajstić information content (AvgIpc) is 2.82. The van der Waals surface area contributed by atoms with E-state index in [-0.39, 0.29) is 24.1 Å². The number of ether oxygens (including phenoxy) is 1. The summed E-state index contributed by atoms with van der Waals surface area (Å²) >= 11 is 0. The molecule has 2 aromatic rings. The maximum absolute atomic E-state index is 13.4. The number of hydrogen-bond donors (Lipinski definition) is 1. The molecule has 0 atom stereocenters. The molecule has 0 amide bonds. The number of nitrogens with zero attached hydrogens (tertiary/aromatic N) is 2. The molecule has 18 heavy (non-hydrogen) atoms. The Labute approximate surface area is 103 Å². The van der Waals surface area contributed by atoms with Crippen LogP contribution < -0.4 is 0 Å². The van der Waals surface area contributed by atoms with E-state index in [0.29, 0.717) is 11.1 Å². The number of halogens is 1. The van der Waals surface area contributed by atoms with E-state index in [1.54, 1.807) is 26.0 Å². The summed E-state index contributed by atoms with van der Waals surface area (Å²) in [5, 5.41) is 6.32. The number of esters is 1. The Morgan fingerprint density at radius 2 is 2.28 bits per heavy atom. The van der Waals surface area contributed by atoms with Crippen molar-refractivity contribution in [2.45, 2.75) is 13.8 Å². The molecule has 0 spiro atoms. The Balaban J connectivity index is 2.29. The van der Waals surface area contributed by atoms with Crippen molar-refractivity contribution in [3.05, 3.63) is 35.4 Å². The second-order valence-corrected chi connectivity index (χ2v) is 3.69. The summed E-state index contributed by atoms with van der Waals surface area (Å²) in [6, 6.07) is 4.65. The number of aryl methyl sites for hydroxylation is 1. The lowest BCUT2D eigenvalue weighted by atomic mass is 10.1. The molecule has 0 aliphatic rings. The van der Waals surface area contributed by atoms with E-state index < -0.39 is 5.97 Å². The maximum atomic E-state index is 13.4. The van der Waals surface area contributed by atoms with Gasteiger partial charge in [-0.05, 0) is 25.5 Å². The van der Waals surface area contributed by atoms with E-state index in [9.17, 15) is 9.18 Å². The Hall–Kier alpha value is -2.24. The van der Waals surface area contributed by atoms with Gasteiger partial charge in [-0.25, -0.2) is 14.2 Å². The molecule has 0 bridgehead atoms. The number of carbonyl (C=O) groups is 1. The number of nitrogens with one attached hydrogen (secondary N) is 1. The van der Waals surface area contributed by atoms with Crippen molar-refractivity contribution in [2.75, 3.05) is 6.61 Å². The van der Waals surface area contributed by atoms with E-state index in [2.05, 4.69) is 15.2 Å². The minimum absolute atomic E-state index is 0.00725. The first-order valence-corrected chi connectivity index (χ1v) is 5.48. The first-order valence-electron chi connectivity index (χ1n) is 5.48. The Morgan fingerprint density at radius 1 is 1.50 bits per heavy atom. The van der Waals surface area contributed by atoms with Crippen LogP contribution >= 0.6 is 0 Å². The van der Waals surface area contributed by atoms with Crippen LogP contribution in [-0.2, 0) is 4.74 Å². The molecule has 2 rings (SSSR count). The predicted octanol–water partition coefficient (Wildman–Crippen LogP) is 2.10.